The predicted molar refractivity (Wildman–Crippen MR) is 99.2 cm³/mol. The molecule has 7 nitrogen and oxygen atoms in total. The van der Waals surface area contributed by atoms with Gasteiger partial charge in [-0.25, -0.2) is 0 Å². The van der Waals surface area contributed by atoms with Gasteiger partial charge in [0.15, 0.2) is 6.10 Å². The standard InChI is InChI=1S/C18H18N2O5S/c1-12-7-9-14(10-8-12)19-18(22)13(2)25-17(21)11-26-16-6-4-3-5-15(16)20(23)24/h3-10,13H,11H2,1-2H3,(H,19,22)/t13-/m0/s1. The fourth-order valence-electron chi connectivity index (χ4n) is 2.03. The number of benzene rings is 2. The minimum atomic E-state index is -0.977. The average Bonchev–Trinajstić information content (AvgIpc) is 2.62. The van der Waals surface area contributed by atoms with E-state index in [4.69, 9.17) is 4.74 Å². The largest absolute Gasteiger partial charge is 0.452 e. The number of nitrogens with zero attached hydrogens (tertiary/aromatic N) is 1. The summed E-state index contributed by atoms with van der Waals surface area (Å²) < 4.78 is 5.09. The van der Waals surface area contributed by atoms with Crippen molar-refractivity contribution in [3.05, 3.63) is 64.2 Å². The van der Waals surface area contributed by atoms with Crippen LogP contribution in [0.1, 0.15) is 12.5 Å². The van der Waals surface area contributed by atoms with Crippen LogP contribution in [0.3, 0.4) is 0 Å². The molecule has 1 amide bonds. The molecule has 26 heavy (non-hydrogen) atoms. The van der Waals surface area contributed by atoms with E-state index < -0.39 is 22.9 Å². The molecule has 1 N–H and O–H groups in total. The molecule has 136 valence electrons. The first-order valence-corrected chi connectivity index (χ1v) is 8.78. The van der Waals surface area contributed by atoms with E-state index in [-0.39, 0.29) is 11.4 Å². The zero-order valence-corrected chi connectivity index (χ0v) is 15.1. The predicted octanol–water partition coefficient (Wildman–Crippen LogP) is 3.57. The second-order valence-electron chi connectivity index (χ2n) is 5.50. The van der Waals surface area contributed by atoms with Crippen molar-refractivity contribution in [1.82, 2.24) is 0 Å². The van der Waals surface area contributed by atoms with Crippen LogP contribution >= 0.6 is 11.8 Å². The summed E-state index contributed by atoms with van der Waals surface area (Å²) in [6.45, 7) is 3.40. The first-order valence-electron chi connectivity index (χ1n) is 7.80. The van der Waals surface area contributed by atoms with E-state index in [9.17, 15) is 19.7 Å². The minimum absolute atomic E-state index is 0.0736. The Bertz CT molecular complexity index is 807. The number of rotatable bonds is 7. The van der Waals surface area contributed by atoms with E-state index in [2.05, 4.69) is 5.32 Å². The topological polar surface area (TPSA) is 98.5 Å². The number of esters is 1. The maximum Gasteiger partial charge on any atom is 0.317 e. The van der Waals surface area contributed by atoms with Crippen molar-refractivity contribution < 1.29 is 19.2 Å². The summed E-state index contributed by atoms with van der Waals surface area (Å²) in [5, 5.41) is 13.6. The van der Waals surface area contributed by atoms with Gasteiger partial charge in [-0.3, -0.25) is 19.7 Å². The summed E-state index contributed by atoms with van der Waals surface area (Å²) in [7, 11) is 0. The molecule has 2 rings (SSSR count). The highest BCUT2D eigenvalue weighted by atomic mass is 32.2. The van der Waals surface area contributed by atoms with Crippen LogP contribution in [-0.4, -0.2) is 28.7 Å². The summed E-state index contributed by atoms with van der Waals surface area (Å²) in [5.41, 5.74) is 1.60. The maximum absolute atomic E-state index is 12.1. The van der Waals surface area contributed by atoms with Gasteiger partial charge >= 0.3 is 5.97 Å². The first-order chi connectivity index (χ1) is 12.4. The Morgan fingerprint density at radius 2 is 1.85 bits per heavy atom. The number of anilines is 1. The van der Waals surface area contributed by atoms with Crippen molar-refractivity contribution in [2.45, 2.75) is 24.8 Å². The van der Waals surface area contributed by atoms with E-state index in [0.29, 0.717) is 10.6 Å². The fraction of sp³-hybridized carbons (Fsp3) is 0.222. The van der Waals surface area contributed by atoms with Crippen LogP contribution in [0.25, 0.3) is 0 Å². The lowest BCUT2D eigenvalue weighted by Gasteiger charge is -2.13. The number of carbonyl (C=O) groups is 2. The molecule has 2 aromatic rings. The Balaban J connectivity index is 1.86. The third-order valence-corrected chi connectivity index (χ3v) is 4.44. The molecule has 0 saturated carbocycles. The lowest BCUT2D eigenvalue weighted by molar-refractivity contribution is -0.387. The smallest absolute Gasteiger partial charge is 0.317 e. The van der Waals surface area contributed by atoms with Crippen molar-refractivity contribution in [2.24, 2.45) is 0 Å². The Morgan fingerprint density at radius 3 is 2.50 bits per heavy atom. The molecule has 0 radical (unpaired) electrons. The third kappa shape index (κ3) is 5.59. The van der Waals surface area contributed by atoms with Gasteiger partial charge in [-0.15, -0.1) is 11.8 Å². The number of aryl methyl sites for hydroxylation is 1. The Kier molecular flexibility index (Phi) is 6.74. The van der Waals surface area contributed by atoms with Crippen LogP contribution in [0, 0.1) is 17.0 Å². The number of hydrogen-bond donors (Lipinski definition) is 1. The van der Waals surface area contributed by atoms with Crippen molar-refractivity contribution in [3.63, 3.8) is 0 Å². The number of thioether (sulfide) groups is 1. The summed E-state index contributed by atoms with van der Waals surface area (Å²) in [6, 6.07) is 13.4. The van der Waals surface area contributed by atoms with Gasteiger partial charge < -0.3 is 10.1 Å². The molecule has 1 atom stereocenters. The zero-order chi connectivity index (χ0) is 19.1. The number of nitro groups is 1. The highest BCUT2D eigenvalue weighted by Gasteiger charge is 2.19. The van der Waals surface area contributed by atoms with E-state index in [1.165, 1.54) is 13.0 Å². The Hall–Kier alpha value is -2.87. The van der Waals surface area contributed by atoms with E-state index in [1.54, 1.807) is 30.3 Å². The number of carbonyl (C=O) groups excluding carboxylic acids is 2. The second kappa shape index (κ2) is 9.00. The molecule has 0 bridgehead atoms. The lowest BCUT2D eigenvalue weighted by atomic mass is 10.2. The molecular formula is C18H18N2O5S. The SMILES string of the molecule is Cc1ccc(NC(=O)[C@H](C)OC(=O)CSc2ccccc2[N+](=O)[O-])cc1. The van der Waals surface area contributed by atoms with Gasteiger partial charge in [0.05, 0.1) is 15.6 Å². The number of nitrogens with one attached hydrogen (secondary N) is 1. The van der Waals surface area contributed by atoms with Crippen LogP contribution in [0.15, 0.2) is 53.4 Å². The molecule has 0 unspecified atom stereocenters. The van der Waals surface area contributed by atoms with Gasteiger partial charge in [0.25, 0.3) is 11.6 Å². The van der Waals surface area contributed by atoms with Gasteiger partial charge in [-0.05, 0) is 32.0 Å². The highest BCUT2D eigenvalue weighted by Crippen LogP contribution is 2.28. The van der Waals surface area contributed by atoms with Gasteiger partial charge in [0.2, 0.25) is 0 Å². The lowest BCUT2D eigenvalue weighted by Crippen LogP contribution is -2.30. The Morgan fingerprint density at radius 1 is 1.19 bits per heavy atom. The van der Waals surface area contributed by atoms with Crippen molar-refractivity contribution in [1.29, 1.82) is 0 Å². The van der Waals surface area contributed by atoms with Crippen molar-refractivity contribution >= 4 is 35.0 Å². The van der Waals surface area contributed by atoms with Crippen molar-refractivity contribution in [2.75, 3.05) is 11.1 Å². The van der Waals surface area contributed by atoms with Crippen LogP contribution < -0.4 is 5.32 Å². The van der Waals surface area contributed by atoms with Gasteiger partial charge in [-0.2, -0.15) is 0 Å². The van der Waals surface area contributed by atoms with E-state index in [1.807, 2.05) is 19.1 Å². The number of ether oxygens (including phenoxy) is 1. The van der Waals surface area contributed by atoms with Crippen LogP contribution in [0.4, 0.5) is 11.4 Å². The van der Waals surface area contributed by atoms with Gasteiger partial charge in [0, 0.05) is 11.8 Å². The second-order valence-corrected chi connectivity index (χ2v) is 6.52. The van der Waals surface area contributed by atoms with Crippen molar-refractivity contribution in [3.8, 4) is 0 Å². The molecule has 0 heterocycles. The molecule has 2 aromatic carbocycles. The summed E-state index contributed by atoms with van der Waals surface area (Å²) in [4.78, 5) is 34.8. The van der Waals surface area contributed by atoms with E-state index >= 15 is 0 Å². The van der Waals surface area contributed by atoms with Crippen LogP contribution in [0.5, 0.6) is 0 Å². The normalized spacial score (nSPS) is 11.5. The molecule has 0 aromatic heterocycles. The highest BCUT2D eigenvalue weighted by molar-refractivity contribution is 8.00. The van der Waals surface area contributed by atoms with Crippen LogP contribution in [0.2, 0.25) is 0 Å². The fourth-order valence-corrected chi connectivity index (χ4v) is 2.84. The molecule has 8 heteroatoms. The molecule has 0 saturated heterocycles. The number of nitro benzene ring substituents is 1. The zero-order valence-electron chi connectivity index (χ0n) is 14.3. The van der Waals surface area contributed by atoms with Crippen LogP contribution in [-0.2, 0) is 14.3 Å². The molecule has 0 spiro atoms. The number of hydrogen-bond acceptors (Lipinski definition) is 6. The summed E-state index contributed by atoms with van der Waals surface area (Å²) in [6.07, 6.45) is -0.977. The monoisotopic (exact) mass is 374 g/mol. The quantitative estimate of drug-likeness (QED) is 0.344. The maximum atomic E-state index is 12.1. The average molecular weight is 374 g/mol. The molecular weight excluding hydrogens is 356 g/mol. The molecule has 0 aliphatic rings. The summed E-state index contributed by atoms with van der Waals surface area (Å²) in [5.74, 6) is -1.20. The Labute approximate surface area is 154 Å². The molecule has 0 aliphatic heterocycles. The van der Waals surface area contributed by atoms with E-state index in [0.717, 1.165) is 17.3 Å². The number of para-hydroxylation sites is 1. The minimum Gasteiger partial charge on any atom is -0.452 e. The third-order valence-electron chi connectivity index (χ3n) is 3.40. The molecule has 0 fully saturated rings. The molecule has 0 aliphatic carbocycles. The first kappa shape index (κ1) is 19.5. The van der Waals surface area contributed by atoms with Gasteiger partial charge in [0.1, 0.15) is 0 Å². The van der Waals surface area contributed by atoms with Gasteiger partial charge in [-0.1, -0.05) is 29.8 Å². The summed E-state index contributed by atoms with van der Waals surface area (Å²) >= 11 is 0.995. The number of amides is 1.